The van der Waals surface area contributed by atoms with Crippen molar-refractivity contribution in [3.05, 3.63) is 69.9 Å². The summed E-state index contributed by atoms with van der Waals surface area (Å²) in [7, 11) is 0. The lowest BCUT2D eigenvalue weighted by Gasteiger charge is -2.26. The summed E-state index contributed by atoms with van der Waals surface area (Å²) in [4.78, 5) is 41.1. The van der Waals surface area contributed by atoms with E-state index in [-0.39, 0.29) is 6.54 Å². The number of imide groups is 1. The van der Waals surface area contributed by atoms with Crippen LogP contribution in [0.5, 0.6) is 0 Å². The zero-order valence-corrected chi connectivity index (χ0v) is 18.1. The van der Waals surface area contributed by atoms with Gasteiger partial charge in [-0.1, -0.05) is 54.9 Å². The van der Waals surface area contributed by atoms with E-state index in [1.807, 2.05) is 24.0 Å². The molecule has 1 unspecified atom stereocenters. The number of carbonyl (C=O) groups is 3. The first-order valence-corrected chi connectivity index (χ1v) is 10.7. The largest absolute Gasteiger partial charge is 0.344 e. The van der Waals surface area contributed by atoms with Crippen LogP contribution in [-0.4, -0.2) is 40.8 Å². The molecule has 158 valence electrons. The summed E-state index contributed by atoms with van der Waals surface area (Å²) < 4.78 is 0.671. The Balaban J connectivity index is 1.70. The van der Waals surface area contributed by atoms with Crippen molar-refractivity contribution in [2.75, 3.05) is 13.1 Å². The first-order valence-electron chi connectivity index (χ1n) is 9.48. The van der Waals surface area contributed by atoms with Crippen LogP contribution < -0.4 is 10.7 Å². The molecule has 1 fully saturated rings. The highest BCUT2D eigenvalue weighted by atomic mass is 35.5. The normalized spacial score (nSPS) is 18.6. The van der Waals surface area contributed by atoms with Gasteiger partial charge in [-0.25, -0.2) is 4.79 Å². The fraction of sp³-hybridized carbons (Fsp3) is 0.286. The lowest BCUT2D eigenvalue weighted by atomic mass is 9.87. The number of hydrazine groups is 1. The van der Waals surface area contributed by atoms with Crippen molar-refractivity contribution in [1.29, 1.82) is 0 Å². The number of rotatable bonds is 9. The molecule has 4 amide bonds. The number of hydrogen-bond donors (Lipinski definition) is 2. The molecule has 1 aromatic heterocycles. The summed E-state index contributed by atoms with van der Waals surface area (Å²) in [6.45, 7) is 6.49. The van der Waals surface area contributed by atoms with Crippen molar-refractivity contribution in [3.8, 4) is 0 Å². The molecule has 1 saturated heterocycles. The van der Waals surface area contributed by atoms with Crippen molar-refractivity contribution in [3.63, 3.8) is 0 Å². The van der Waals surface area contributed by atoms with Gasteiger partial charge < -0.3 is 5.32 Å². The minimum absolute atomic E-state index is 0.0109. The average molecular weight is 447 g/mol. The van der Waals surface area contributed by atoms with Crippen molar-refractivity contribution >= 4 is 40.8 Å². The lowest BCUT2D eigenvalue weighted by molar-refractivity contribution is -0.139. The van der Waals surface area contributed by atoms with Crippen molar-refractivity contribution in [2.24, 2.45) is 0 Å². The topological polar surface area (TPSA) is 81.8 Å². The Morgan fingerprint density at radius 2 is 2.03 bits per heavy atom. The van der Waals surface area contributed by atoms with Crippen LogP contribution in [0.3, 0.4) is 0 Å². The van der Waals surface area contributed by atoms with Crippen molar-refractivity contribution in [2.45, 2.75) is 25.4 Å². The fourth-order valence-corrected chi connectivity index (χ4v) is 4.56. The maximum Gasteiger partial charge on any atom is 0.344 e. The minimum Gasteiger partial charge on any atom is -0.318 e. The molecule has 2 N–H and O–H groups in total. The maximum atomic E-state index is 13.1. The number of nitrogens with zero attached hydrogens (tertiary/aromatic N) is 2. The Bertz CT molecular complexity index is 949. The van der Waals surface area contributed by atoms with E-state index in [0.29, 0.717) is 29.4 Å². The third kappa shape index (κ3) is 4.56. The predicted octanol–water partition coefficient (Wildman–Crippen LogP) is 3.28. The predicted molar refractivity (Wildman–Crippen MR) is 117 cm³/mol. The quantitative estimate of drug-likeness (QED) is 0.457. The second kappa shape index (κ2) is 9.42. The Morgan fingerprint density at radius 3 is 2.63 bits per heavy atom. The highest BCUT2D eigenvalue weighted by Crippen LogP contribution is 2.31. The van der Waals surface area contributed by atoms with Gasteiger partial charge in [-0.15, -0.1) is 17.9 Å². The summed E-state index contributed by atoms with van der Waals surface area (Å²) >= 11 is 7.41. The van der Waals surface area contributed by atoms with Crippen LogP contribution in [0.15, 0.2) is 55.1 Å². The standard InChI is InChI=1S/C21H23ClN4O3S/c1-3-12-25(13-16-10-11-17(22)30-16)14-18(27)24-26-19(28)21(4-2,23-20(26)29)15-8-6-5-7-9-15/h3,5-11H,1,4,12-14H2,2H3,(H,23,29)(H,24,27). The van der Waals surface area contributed by atoms with Gasteiger partial charge in [-0.3, -0.25) is 19.9 Å². The highest BCUT2D eigenvalue weighted by molar-refractivity contribution is 7.16. The SMILES string of the molecule is C=CCN(CC(=O)NN1C(=O)NC(CC)(c2ccccc2)C1=O)Cc1ccc(Cl)s1. The molecule has 30 heavy (non-hydrogen) atoms. The van der Waals surface area contributed by atoms with Gasteiger partial charge in [0.05, 0.1) is 10.9 Å². The van der Waals surface area contributed by atoms with Crippen LogP contribution in [0, 0.1) is 0 Å². The van der Waals surface area contributed by atoms with Crippen LogP contribution in [0.1, 0.15) is 23.8 Å². The smallest absolute Gasteiger partial charge is 0.318 e. The number of urea groups is 1. The van der Waals surface area contributed by atoms with E-state index in [9.17, 15) is 14.4 Å². The van der Waals surface area contributed by atoms with Gasteiger partial charge in [0.15, 0.2) is 0 Å². The van der Waals surface area contributed by atoms with Crippen molar-refractivity contribution < 1.29 is 14.4 Å². The summed E-state index contributed by atoms with van der Waals surface area (Å²) in [5.74, 6) is -0.974. The van der Waals surface area contributed by atoms with E-state index in [1.54, 1.807) is 36.4 Å². The molecule has 1 atom stereocenters. The van der Waals surface area contributed by atoms with Gasteiger partial charge in [-0.05, 0) is 24.1 Å². The van der Waals surface area contributed by atoms with E-state index in [4.69, 9.17) is 11.6 Å². The zero-order chi connectivity index (χ0) is 21.7. The van der Waals surface area contributed by atoms with Crippen LogP contribution in [0.4, 0.5) is 4.79 Å². The summed E-state index contributed by atoms with van der Waals surface area (Å²) in [5.41, 5.74) is 1.93. The number of amides is 4. The zero-order valence-electron chi connectivity index (χ0n) is 16.6. The molecule has 0 bridgehead atoms. The van der Waals surface area contributed by atoms with Crippen molar-refractivity contribution in [1.82, 2.24) is 20.7 Å². The monoisotopic (exact) mass is 446 g/mol. The molecular weight excluding hydrogens is 424 g/mol. The Kier molecular flexibility index (Phi) is 6.91. The summed E-state index contributed by atoms with van der Waals surface area (Å²) in [6.07, 6.45) is 2.05. The lowest BCUT2D eigenvalue weighted by Crippen LogP contribution is -2.51. The molecule has 2 aromatic rings. The van der Waals surface area contributed by atoms with E-state index in [2.05, 4.69) is 17.3 Å². The van der Waals surface area contributed by atoms with E-state index in [0.717, 1.165) is 9.89 Å². The Hall–Kier alpha value is -2.68. The molecule has 1 aliphatic rings. The number of carbonyl (C=O) groups excluding carboxylic acids is 3. The number of nitrogens with one attached hydrogen (secondary N) is 2. The molecule has 1 aromatic carbocycles. The first-order chi connectivity index (χ1) is 14.4. The maximum absolute atomic E-state index is 13.1. The Labute approximate surface area is 184 Å². The number of benzene rings is 1. The van der Waals surface area contributed by atoms with E-state index in [1.165, 1.54) is 11.3 Å². The van der Waals surface area contributed by atoms with Gasteiger partial charge >= 0.3 is 6.03 Å². The molecule has 7 nitrogen and oxygen atoms in total. The van der Waals surface area contributed by atoms with Gasteiger partial charge in [0.2, 0.25) is 0 Å². The van der Waals surface area contributed by atoms with E-state index < -0.39 is 23.4 Å². The molecule has 0 aliphatic carbocycles. The van der Waals surface area contributed by atoms with Crippen LogP contribution in [-0.2, 0) is 21.7 Å². The molecule has 1 aliphatic heterocycles. The fourth-order valence-electron chi connectivity index (χ4n) is 3.43. The third-order valence-electron chi connectivity index (χ3n) is 4.89. The molecular formula is C21H23ClN4O3S. The molecule has 0 saturated carbocycles. The van der Waals surface area contributed by atoms with Gasteiger partial charge in [0.25, 0.3) is 11.8 Å². The summed E-state index contributed by atoms with van der Waals surface area (Å²) in [6, 6.07) is 12.1. The Morgan fingerprint density at radius 1 is 1.30 bits per heavy atom. The number of halogens is 1. The van der Waals surface area contributed by atoms with Gasteiger partial charge in [-0.2, -0.15) is 5.01 Å². The highest BCUT2D eigenvalue weighted by Gasteiger charge is 2.52. The van der Waals surface area contributed by atoms with Crippen LogP contribution in [0.25, 0.3) is 0 Å². The van der Waals surface area contributed by atoms with E-state index >= 15 is 0 Å². The molecule has 2 heterocycles. The molecule has 0 radical (unpaired) electrons. The molecule has 0 spiro atoms. The first kappa shape index (κ1) is 22.0. The van der Waals surface area contributed by atoms with Crippen LogP contribution >= 0.6 is 22.9 Å². The second-order valence-corrected chi connectivity index (χ2v) is 8.69. The summed E-state index contributed by atoms with van der Waals surface area (Å²) in [5, 5.41) is 3.51. The second-order valence-electron chi connectivity index (χ2n) is 6.89. The third-order valence-corrected chi connectivity index (χ3v) is 6.10. The van der Waals surface area contributed by atoms with Gasteiger partial charge in [0, 0.05) is 18.0 Å². The van der Waals surface area contributed by atoms with Crippen LogP contribution in [0.2, 0.25) is 4.34 Å². The average Bonchev–Trinajstić information content (AvgIpc) is 3.24. The molecule has 3 rings (SSSR count). The number of hydrogen-bond acceptors (Lipinski definition) is 5. The van der Waals surface area contributed by atoms with Gasteiger partial charge in [0.1, 0.15) is 5.54 Å². The minimum atomic E-state index is -1.19. The molecule has 9 heteroatoms. The number of thiophene rings is 1.